The third-order valence-corrected chi connectivity index (χ3v) is 3.94. The van der Waals surface area contributed by atoms with Crippen molar-refractivity contribution in [3.63, 3.8) is 0 Å². The van der Waals surface area contributed by atoms with Crippen LogP contribution in [0.1, 0.15) is 11.1 Å². The smallest absolute Gasteiger partial charge is 0.404 e. The van der Waals surface area contributed by atoms with Gasteiger partial charge in [-0.2, -0.15) is 10.4 Å². The van der Waals surface area contributed by atoms with Gasteiger partial charge in [0.05, 0.1) is 16.9 Å². The highest BCUT2D eigenvalue weighted by atomic mass is 35.5. The van der Waals surface area contributed by atoms with Crippen LogP contribution in [0.3, 0.4) is 0 Å². The maximum Gasteiger partial charge on any atom is 0.573 e. The largest absolute Gasteiger partial charge is 0.573 e. The molecular weight excluding hydrogens is 423 g/mol. The normalized spacial score (nSPS) is 11.3. The van der Waals surface area contributed by atoms with Crippen molar-refractivity contribution in [3.05, 3.63) is 75.0 Å². The predicted molar refractivity (Wildman–Crippen MR) is 104 cm³/mol. The quantitative estimate of drug-likeness (QED) is 0.461. The molecule has 3 rings (SSSR count). The van der Waals surface area contributed by atoms with E-state index in [1.807, 2.05) is 6.07 Å². The fourth-order valence-corrected chi connectivity index (χ4v) is 2.64. The topological polar surface area (TPSA) is 103 Å². The minimum atomic E-state index is -4.86. The predicted octanol–water partition coefficient (Wildman–Crippen LogP) is 4.31. The van der Waals surface area contributed by atoms with Gasteiger partial charge in [0, 0.05) is 5.56 Å². The van der Waals surface area contributed by atoms with E-state index in [9.17, 15) is 23.2 Å². The summed E-state index contributed by atoms with van der Waals surface area (Å²) in [5.74, 6) is -0.572. The summed E-state index contributed by atoms with van der Waals surface area (Å²) in [6, 6.07) is 14.0. The van der Waals surface area contributed by atoms with Crippen LogP contribution in [0.25, 0.3) is 11.3 Å². The Balaban J connectivity index is 1.82. The average molecular weight is 434 g/mol. The van der Waals surface area contributed by atoms with Gasteiger partial charge in [-0.3, -0.25) is 9.78 Å². The second-order valence-corrected chi connectivity index (χ2v) is 6.13. The molecule has 2 aromatic carbocycles. The number of benzene rings is 2. The lowest BCUT2D eigenvalue weighted by molar-refractivity contribution is -0.274. The number of alkyl halides is 3. The molecular formula is C19H11ClF3N5O2. The van der Waals surface area contributed by atoms with Crippen LogP contribution in [0.2, 0.25) is 5.02 Å². The number of anilines is 1. The van der Waals surface area contributed by atoms with Gasteiger partial charge in [0.2, 0.25) is 5.95 Å². The van der Waals surface area contributed by atoms with Crippen LogP contribution in [0.5, 0.6) is 5.75 Å². The van der Waals surface area contributed by atoms with Crippen molar-refractivity contribution in [3.8, 4) is 23.1 Å². The second-order valence-electron chi connectivity index (χ2n) is 5.72. The molecule has 0 aliphatic carbocycles. The standard InChI is InChI=1S/C19H11ClF3N5O2/c20-14-8-11(6-7-15(14)30-19(21,22)23)10-25-28-18-26-16(12-4-2-1-3-5-12)13(9-24)17(29)27-18/h1-8,10H,(H2,26,27,28,29). The van der Waals surface area contributed by atoms with Crippen LogP contribution in [-0.4, -0.2) is 22.5 Å². The minimum Gasteiger partial charge on any atom is -0.404 e. The van der Waals surface area contributed by atoms with Gasteiger partial charge >= 0.3 is 6.36 Å². The Kier molecular flexibility index (Phi) is 6.03. The van der Waals surface area contributed by atoms with E-state index in [1.54, 1.807) is 30.3 Å². The molecule has 0 saturated heterocycles. The number of aromatic nitrogens is 2. The number of nitriles is 1. The molecule has 1 aromatic heterocycles. The second kappa shape index (κ2) is 8.67. The Morgan fingerprint density at radius 2 is 1.97 bits per heavy atom. The van der Waals surface area contributed by atoms with Gasteiger partial charge < -0.3 is 4.74 Å². The van der Waals surface area contributed by atoms with Gasteiger partial charge in [0.25, 0.3) is 5.56 Å². The number of H-pyrrole nitrogens is 1. The molecule has 0 radical (unpaired) electrons. The summed E-state index contributed by atoms with van der Waals surface area (Å²) in [5.41, 5.74) is 2.81. The fraction of sp³-hybridized carbons (Fsp3) is 0.0526. The van der Waals surface area contributed by atoms with Crippen LogP contribution in [0, 0.1) is 11.3 Å². The number of hydrogen-bond acceptors (Lipinski definition) is 6. The van der Waals surface area contributed by atoms with Gasteiger partial charge in [-0.05, 0) is 23.8 Å². The zero-order valence-electron chi connectivity index (χ0n) is 14.9. The molecule has 3 aromatic rings. The summed E-state index contributed by atoms with van der Waals surface area (Å²) in [6.07, 6.45) is -3.60. The molecule has 0 fully saturated rings. The van der Waals surface area contributed by atoms with Gasteiger partial charge in [-0.15, -0.1) is 13.2 Å². The number of ether oxygens (including phenoxy) is 1. The molecule has 0 spiro atoms. The van der Waals surface area contributed by atoms with E-state index >= 15 is 0 Å². The molecule has 1 heterocycles. The average Bonchev–Trinajstić information content (AvgIpc) is 2.69. The molecule has 7 nitrogen and oxygen atoms in total. The van der Waals surface area contributed by atoms with E-state index in [1.165, 1.54) is 18.3 Å². The SMILES string of the molecule is N#Cc1c(-c2ccccc2)nc(NN=Cc2ccc(OC(F)(F)F)c(Cl)c2)[nH]c1=O. The van der Waals surface area contributed by atoms with Crippen molar-refractivity contribution in [1.29, 1.82) is 5.26 Å². The van der Waals surface area contributed by atoms with E-state index < -0.39 is 17.7 Å². The number of nitrogens with one attached hydrogen (secondary N) is 2. The van der Waals surface area contributed by atoms with Gasteiger partial charge in [-0.1, -0.05) is 41.9 Å². The molecule has 0 saturated carbocycles. The third-order valence-electron chi connectivity index (χ3n) is 3.64. The Morgan fingerprint density at radius 1 is 1.23 bits per heavy atom. The first-order valence-electron chi connectivity index (χ1n) is 8.21. The highest BCUT2D eigenvalue weighted by Crippen LogP contribution is 2.30. The summed E-state index contributed by atoms with van der Waals surface area (Å²) < 4.78 is 40.6. The summed E-state index contributed by atoms with van der Waals surface area (Å²) in [5, 5.41) is 12.9. The van der Waals surface area contributed by atoms with Gasteiger partial charge in [0.15, 0.2) is 0 Å². The Bertz CT molecular complexity index is 1190. The lowest BCUT2D eigenvalue weighted by Gasteiger charge is -2.10. The van der Waals surface area contributed by atoms with Crippen molar-refractivity contribution in [2.75, 3.05) is 5.43 Å². The first kappa shape index (κ1) is 20.9. The summed E-state index contributed by atoms with van der Waals surface area (Å²) in [7, 11) is 0. The summed E-state index contributed by atoms with van der Waals surface area (Å²) >= 11 is 5.78. The number of hydrazone groups is 1. The van der Waals surface area contributed by atoms with Crippen LogP contribution in [0.4, 0.5) is 19.1 Å². The highest BCUT2D eigenvalue weighted by Gasteiger charge is 2.32. The van der Waals surface area contributed by atoms with Crippen molar-refractivity contribution < 1.29 is 17.9 Å². The lowest BCUT2D eigenvalue weighted by Crippen LogP contribution is -2.17. The van der Waals surface area contributed by atoms with Crippen molar-refractivity contribution in [2.45, 2.75) is 6.36 Å². The molecule has 152 valence electrons. The number of hydrogen-bond donors (Lipinski definition) is 2. The number of halogens is 4. The van der Waals surface area contributed by atoms with E-state index in [0.29, 0.717) is 11.1 Å². The van der Waals surface area contributed by atoms with Crippen molar-refractivity contribution in [1.82, 2.24) is 9.97 Å². The molecule has 11 heteroatoms. The molecule has 0 aliphatic rings. The minimum absolute atomic E-state index is 0.0303. The van der Waals surface area contributed by atoms with E-state index in [-0.39, 0.29) is 22.2 Å². The van der Waals surface area contributed by atoms with Crippen LogP contribution in [-0.2, 0) is 0 Å². The molecule has 0 atom stereocenters. The molecule has 0 amide bonds. The number of aromatic amines is 1. The number of rotatable bonds is 5. The van der Waals surface area contributed by atoms with E-state index in [0.717, 1.165) is 6.07 Å². The van der Waals surface area contributed by atoms with Crippen LogP contribution < -0.4 is 15.7 Å². The van der Waals surface area contributed by atoms with Crippen molar-refractivity contribution in [2.24, 2.45) is 5.10 Å². The van der Waals surface area contributed by atoms with Crippen molar-refractivity contribution >= 4 is 23.8 Å². The van der Waals surface area contributed by atoms with Gasteiger partial charge in [0.1, 0.15) is 17.4 Å². The molecule has 30 heavy (non-hydrogen) atoms. The van der Waals surface area contributed by atoms with Crippen LogP contribution >= 0.6 is 11.6 Å². The lowest BCUT2D eigenvalue weighted by atomic mass is 10.1. The zero-order chi connectivity index (χ0) is 21.7. The van der Waals surface area contributed by atoms with E-state index in [2.05, 4.69) is 25.2 Å². The monoisotopic (exact) mass is 433 g/mol. The molecule has 0 unspecified atom stereocenters. The van der Waals surface area contributed by atoms with E-state index in [4.69, 9.17) is 11.6 Å². The first-order valence-corrected chi connectivity index (χ1v) is 8.59. The number of nitrogens with zero attached hydrogens (tertiary/aromatic N) is 3. The van der Waals surface area contributed by atoms with Crippen LogP contribution in [0.15, 0.2) is 58.4 Å². The first-order chi connectivity index (χ1) is 14.3. The summed E-state index contributed by atoms with van der Waals surface area (Å²) in [6.45, 7) is 0. The Morgan fingerprint density at radius 3 is 2.60 bits per heavy atom. The Labute approximate surface area is 172 Å². The highest BCUT2D eigenvalue weighted by molar-refractivity contribution is 6.32. The Hall–Kier alpha value is -3.84. The van der Waals surface area contributed by atoms with Gasteiger partial charge in [-0.25, -0.2) is 10.4 Å². The summed E-state index contributed by atoms with van der Waals surface area (Å²) in [4.78, 5) is 18.7. The third kappa shape index (κ3) is 5.15. The maximum absolute atomic E-state index is 12.3. The molecule has 2 N–H and O–H groups in total. The maximum atomic E-state index is 12.3. The molecule has 0 bridgehead atoms. The zero-order valence-corrected chi connectivity index (χ0v) is 15.6. The molecule has 0 aliphatic heterocycles. The fourth-order valence-electron chi connectivity index (χ4n) is 2.41.